The Bertz CT molecular complexity index is 498. The van der Waals surface area contributed by atoms with Gasteiger partial charge in [0.1, 0.15) is 0 Å². The van der Waals surface area contributed by atoms with Gasteiger partial charge in [-0.25, -0.2) is 0 Å². The minimum atomic E-state index is -0.153. The van der Waals surface area contributed by atoms with Gasteiger partial charge in [-0.05, 0) is 32.0 Å². The van der Waals surface area contributed by atoms with Crippen LogP contribution in [0.15, 0.2) is 24.3 Å². The topological polar surface area (TPSA) is 70.2 Å². The van der Waals surface area contributed by atoms with E-state index in [0.29, 0.717) is 23.8 Å². The molecule has 1 atom stereocenters. The fourth-order valence-corrected chi connectivity index (χ4v) is 1.94. The minimum Gasteiger partial charge on any atom is -0.349 e. The molecule has 1 aromatic carbocycles. The Hall–Kier alpha value is -1.88. The van der Waals surface area contributed by atoms with Gasteiger partial charge in [-0.3, -0.25) is 9.59 Å². The maximum Gasteiger partial charge on any atom is 0.253 e. The van der Waals surface area contributed by atoms with Gasteiger partial charge in [0.05, 0.1) is 11.3 Å². The van der Waals surface area contributed by atoms with Gasteiger partial charge in [-0.15, -0.1) is 0 Å². The van der Waals surface area contributed by atoms with Crippen LogP contribution in [0.2, 0.25) is 0 Å². The smallest absolute Gasteiger partial charge is 0.253 e. The van der Waals surface area contributed by atoms with Crippen molar-refractivity contribution in [1.29, 1.82) is 0 Å². The van der Waals surface area contributed by atoms with E-state index >= 15 is 0 Å². The zero-order valence-corrected chi connectivity index (χ0v) is 11.9. The molecule has 3 N–H and O–H groups in total. The van der Waals surface area contributed by atoms with Gasteiger partial charge in [0.15, 0.2) is 0 Å². The largest absolute Gasteiger partial charge is 0.349 e. The van der Waals surface area contributed by atoms with Gasteiger partial charge < -0.3 is 16.0 Å². The van der Waals surface area contributed by atoms with E-state index in [2.05, 4.69) is 16.0 Å². The standard InChI is InChI=1S/C15H21N3O2/c1-10(9-16-2)14(19)18-13-6-4-3-5-12(13)15(20)17-11-7-8-11/h3-6,10-11,16H,7-9H2,1-2H3,(H,17,20)(H,18,19). The molecule has 108 valence electrons. The summed E-state index contributed by atoms with van der Waals surface area (Å²) in [7, 11) is 1.81. The van der Waals surface area contributed by atoms with Gasteiger partial charge in [0.25, 0.3) is 5.91 Å². The number of hydrogen-bond donors (Lipinski definition) is 3. The number of benzene rings is 1. The molecular formula is C15H21N3O2. The normalized spacial score (nSPS) is 15.5. The number of carbonyl (C=O) groups is 2. The van der Waals surface area contributed by atoms with Crippen LogP contribution in [0.25, 0.3) is 0 Å². The molecule has 5 heteroatoms. The van der Waals surface area contributed by atoms with E-state index < -0.39 is 0 Å². The van der Waals surface area contributed by atoms with Crippen LogP contribution in [0.1, 0.15) is 30.1 Å². The van der Waals surface area contributed by atoms with Crippen molar-refractivity contribution in [3.8, 4) is 0 Å². The summed E-state index contributed by atoms with van der Waals surface area (Å²) in [6, 6.07) is 7.40. The number of rotatable bonds is 6. The van der Waals surface area contributed by atoms with E-state index in [1.165, 1.54) is 0 Å². The molecule has 0 spiro atoms. The van der Waals surface area contributed by atoms with Crippen LogP contribution < -0.4 is 16.0 Å². The summed E-state index contributed by atoms with van der Waals surface area (Å²) in [5.41, 5.74) is 1.09. The number of nitrogens with one attached hydrogen (secondary N) is 3. The molecule has 0 heterocycles. The van der Waals surface area contributed by atoms with Crippen LogP contribution in [-0.2, 0) is 4.79 Å². The van der Waals surface area contributed by atoms with E-state index in [9.17, 15) is 9.59 Å². The molecule has 1 unspecified atom stereocenters. The Morgan fingerprint density at radius 1 is 1.30 bits per heavy atom. The van der Waals surface area contributed by atoms with Gasteiger partial charge in [0.2, 0.25) is 5.91 Å². The van der Waals surface area contributed by atoms with E-state index in [-0.39, 0.29) is 17.7 Å². The molecule has 0 bridgehead atoms. The molecule has 0 aromatic heterocycles. The molecule has 1 aliphatic rings. The number of carbonyl (C=O) groups excluding carboxylic acids is 2. The quantitative estimate of drug-likeness (QED) is 0.734. The van der Waals surface area contributed by atoms with E-state index in [1.807, 2.05) is 13.0 Å². The van der Waals surface area contributed by atoms with Crippen molar-refractivity contribution in [2.75, 3.05) is 18.9 Å². The molecular weight excluding hydrogens is 254 g/mol. The maximum absolute atomic E-state index is 12.1. The van der Waals surface area contributed by atoms with Crippen molar-refractivity contribution in [2.45, 2.75) is 25.8 Å². The maximum atomic E-state index is 12.1. The van der Waals surface area contributed by atoms with Crippen LogP contribution in [0.5, 0.6) is 0 Å². The average Bonchev–Trinajstić information content (AvgIpc) is 3.23. The first-order valence-electron chi connectivity index (χ1n) is 6.97. The van der Waals surface area contributed by atoms with Crippen molar-refractivity contribution >= 4 is 17.5 Å². The molecule has 0 radical (unpaired) electrons. The lowest BCUT2D eigenvalue weighted by Gasteiger charge is -2.14. The van der Waals surface area contributed by atoms with Crippen LogP contribution in [0.4, 0.5) is 5.69 Å². The summed E-state index contributed by atoms with van der Waals surface area (Å²) < 4.78 is 0. The van der Waals surface area contributed by atoms with Gasteiger partial charge in [0, 0.05) is 18.5 Å². The Balaban J connectivity index is 2.06. The molecule has 20 heavy (non-hydrogen) atoms. The Morgan fingerprint density at radius 3 is 2.65 bits per heavy atom. The second-order valence-electron chi connectivity index (χ2n) is 5.24. The summed E-state index contributed by atoms with van der Waals surface area (Å²) in [5, 5.41) is 8.73. The van der Waals surface area contributed by atoms with Crippen LogP contribution >= 0.6 is 0 Å². The average molecular weight is 275 g/mol. The SMILES string of the molecule is CNCC(C)C(=O)Nc1ccccc1C(=O)NC1CC1. The summed E-state index contributed by atoms with van der Waals surface area (Å²) in [4.78, 5) is 24.1. The zero-order valence-electron chi connectivity index (χ0n) is 11.9. The van der Waals surface area contributed by atoms with Crippen molar-refractivity contribution in [3.05, 3.63) is 29.8 Å². The van der Waals surface area contributed by atoms with Crippen LogP contribution in [0.3, 0.4) is 0 Å². The lowest BCUT2D eigenvalue weighted by molar-refractivity contribution is -0.119. The number of para-hydroxylation sites is 1. The van der Waals surface area contributed by atoms with Crippen molar-refractivity contribution < 1.29 is 9.59 Å². The molecule has 0 saturated heterocycles. The van der Waals surface area contributed by atoms with E-state index in [1.54, 1.807) is 25.2 Å². The van der Waals surface area contributed by atoms with Crippen molar-refractivity contribution in [3.63, 3.8) is 0 Å². The third-order valence-electron chi connectivity index (χ3n) is 3.30. The second kappa shape index (κ2) is 6.52. The molecule has 5 nitrogen and oxygen atoms in total. The van der Waals surface area contributed by atoms with Crippen molar-refractivity contribution in [2.24, 2.45) is 5.92 Å². The molecule has 0 aliphatic heterocycles. The van der Waals surface area contributed by atoms with Crippen LogP contribution in [-0.4, -0.2) is 31.4 Å². The Kier molecular flexibility index (Phi) is 4.74. The third-order valence-corrected chi connectivity index (χ3v) is 3.30. The first kappa shape index (κ1) is 14.5. The summed E-state index contributed by atoms with van der Waals surface area (Å²) in [6.07, 6.45) is 2.08. The lowest BCUT2D eigenvalue weighted by atomic mass is 10.1. The molecule has 1 aliphatic carbocycles. The van der Waals surface area contributed by atoms with E-state index in [4.69, 9.17) is 0 Å². The summed E-state index contributed by atoms with van der Waals surface area (Å²) in [6.45, 7) is 2.45. The summed E-state index contributed by atoms with van der Waals surface area (Å²) >= 11 is 0. The monoisotopic (exact) mass is 275 g/mol. The molecule has 2 rings (SSSR count). The lowest BCUT2D eigenvalue weighted by Crippen LogP contribution is -2.30. The molecule has 1 saturated carbocycles. The molecule has 1 aromatic rings. The Labute approximate surface area is 119 Å². The third kappa shape index (κ3) is 3.81. The highest BCUT2D eigenvalue weighted by Crippen LogP contribution is 2.21. The zero-order chi connectivity index (χ0) is 14.5. The fraction of sp³-hybridized carbons (Fsp3) is 0.467. The predicted molar refractivity (Wildman–Crippen MR) is 78.7 cm³/mol. The number of hydrogen-bond acceptors (Lipinski definition) is 3. The minimum absolute atomic E-state index is 0.0916. The Morgan fingerprint density at radius 2 is 2.00 bits per heavy atom. The van der Waals surface area contributed by atoms with Gasteiger partial charge in [-0.1, -0.05) is 19.1 Å². The highest BCUT2D eigenvalue weighted by atomic mass is 16.2. The van der Waals surface area contributed by atoms with Crippen LogP contribution in [0, 0.1) is 5.92 Å². The predicted octanol–water partition coefficient (Wildman–Crippen LogP) is 1.37. The molecule has 2 amide bonds. The molecule has 1 fully saturated rings. The first-order chi connectivity index (χ1) is 9.61. The van der Waals surface area contributed by atoms with Gasteiger partial charge in [-0.2, -0.15) is 0 Å². The highest BCUT2D eigenvalue weighted by Gasteiger charge is 2.25. The summed E-state index contributed by atoms with van der Waals surface area (Å²) in [5.74, 6) is -0.366. The van der Waals surface area contributed by atoms with Gasteiger partial charge >= 0.3 is 0 Å². The first-order valence-corrected chi connectivity index (χ1v) is 6.97. The number of anilines is 1. The highest BCUT2D eigenvalue weighted by molar-refractivity contribution is 6.04. The fourth-order valence-electron chi connectivity index (χ4n) is 1.94. The number of amides is 2. The van der Waals surface area contributed by atoms with Crippen molar-refractivity contribution in [1.82, 2.24) is 10.6 Å². The van der Waals surface area contributed by atoms with E-state index in [0.717, 1.165) is 12.8 Å². The second-order valence-corrected chi connectivity index (χ2v) is 5.24.